The molecule has 0 N–H and O–H groups in total. The number of hydrogen-bond donors (Lipinski definition) is 0. The predicted molar refractivity (Wildman–Crippen MR) is 90.7 cm³/mol. The van der Waals surface area contributed by atoms with Gasteiger partial charge in [0, 0.05) is 16.8 Å². The lowest BCUT2D eigenvalue weighted by Gasteiger charge is -2.35. The largest absolute Gasteiger partial charge is 0.534 e. The quantitative estimate of drug-likeness (QED) is 0.560. The van der Waals surface area contributed by atoms with Crippen LogP contribution in [-0.2, 0) is 28.4 Å². The van der Waals surface area contributed by atoms with Gasteiger partial charge in [0.15, 0.2) is 0 Å². The third-order valence-corrected chi connectivity index (χ3v) is 5.77. The summed E-state index contributed by atoms with van der Waals surface area (Å²) in [7, 11) is -5.72. The van der Waals surface area contributed by atoms with Crippen molar-refractivity contribution in [3.8, 4) is 5.88 Å². The van der Waals surface area contributed by atoms with Crippen molar-refractivity contribution < 1.29 is 25.8 Å². The van der Waals surface area contributed by atoms with Crippen molar-refractivity contribution in [1.29, 1.82) is 0 Å². The Morgan fingerprint density at radius 3 is 2.42 bits per heavy atom. The number of hydrogen-bond acceptors (Lipinski definition) is 4. The summed E-state index contributed by atoms with van der Waals surface area (Å²) in [5, 5.41) is 0.642. The van der Waals surface area contributed by atoms with Crippen LogP contribution in [0.2, 0.25) is 5.02 Å². The Hall–Kier alpha value is -1.80. The molecule has 0 aliphatic heterocycles. The van der Waals surface area contributed by atoms with Crippen molar-refractivity contribution >= 4 is 21.7 Å². The monoisotopic (exact) mass is 405 g/mol. The van der Waals surface area contributed by atoms with E-state index in [-0.39, 0.29) is 5.41 Å². The van der Waals surface area contributed by atoms with Crippen LogP contribution in [0.4, 0.5) is 13.2 Å². The lowest BCUT2D eigenvalue weighted by Crippen LogP contribution is -2.31. The summed E-state index contributed by atoms with van der Waals surface area (Å²) in [5.41, 5.74) is -3.15. The molecule has 0 spiro atoms. The normalized spacial score (nSPS) is 20.5. The van der Waals surface area contributed by atoms with Gasteiger partial charge in [0.05, 0.1) is 0 Å². The molecule has 0 saturated heterocycles. The standard InChI is InChI=1S/C17H15ClF3NO3S/c1-16(12-3-5-13(18)6-4-12)9-8-14-11(10-16)2-7-15(22-14)25-26(23,24)17(19,20)21/h2-7H,8-10H2,1H3. The number of benzene rings is 1. The van der Waals surface area contributed by atoms with Gasteiger partial charge in [-0.15, -0.1) is 0 Å². The molecular weight excluding hydrogens is 391 g/mol. The molecule has 4 nitrogen and oxygen atoms in total. The van der Waals surface area contributed by atoms with Crippen LogP contribution in [0.15, 0.2) is 36.4 Å². The average molecular weight is 406 g/mol. The number of rotatable bonds is 3. The zero-order chi connectivity index (χ0) is 19.2. The maximum atomic E-state index is 12.4. The SMILES string of the molecule is CC1(c2ccc(Cl)cc2)CCc2nc(OS(=O)(=O)C(F)(F)F)ccc2C1. The molecule has 9 heteroatoms. The highest BCUT2D eigenvalue weighted by atomic mass is 35.5. The van der Waals surface area contributed by atoms with Gasteiger partial charge in [0.1, 0.15) is 0 Å². The number of alkyl halides is 3. The number of aryl methyl sites for hydroxylation is 1. The highest BCUT2D eigenvalue weighted by molar-refractivity contribution is 7.87. The van der Waals surface area contributed by atoms with Gasteiger partial charge in [-0.3, -0.25) is 0 Å². The van der Waals surface area contributed by atoms with E-state index in [2.05, 4.69) is 16.1 Å². The molecule has 0 fully saturated rings. The minimum absolute atomic E-state index is 0.167. The van der Waals surface area contributed by atoms with Crippen molar-refractivity contribution in [1.82, 2.24) is 4.98 Å². The topological polar surface area (TPSA) is 56.3 Å². The summed E-state index contributed by atoms with van der Waals surface area (Å²) in [6.45, 7) is 2.09. The van der Waals surface area contributed by atoms with Gasteiger partial charge in [-0.2, -0.15) is 21.6 Å². The van der Waals surface area contributed by atoms with Crippen LogP contribution >= 0.6 is 11.6 Å². The van der Waals surface area contributed by atoms with E-state index in [1.807, 2.05) is 24.3 Å². The number of fused-ring (bicyclic) bond motifs is 1. The van der Waals surface area contributed by atoms with E-state index in [4.69, 9.17) is 11.6 Å². The van der Waals surface area contributed by atoms with Gasteiger partial charge in [-0.25, -0.2) is 4.98 Å². The van der Waals surface area contributed by atoms with Crippen LogP contribution < -0.4 is 4.18 Å². The highest BCUT2D eigenvalue weighted by Crippen LogP contribution is 2.39. The molecule has 1 heterocycles. The van der Waals surface area contributed by atoms with Gasteiger partial charge in [0.25, 0.3) is 0 Å². The molecule has 140 valence electrons. The number of aromatic nitrogens is 1. The maximum absolute atomic E-state index is 12.4. The molecule has 1 aliphatic rings. The van der Waals surface area contributed by atoms with Crippen LogP contribution in [-0.4, -0.2) is 18.9 Å². The smallest absolute Gasteiger partial charge is 0.355 e. The molecule has 1 aromatic heterocycles. The van der Waals surface area contributed by atoms with Crippen LogP contribution in [0.3, 0.4) is 0 Å². The van der Waals surface area contributed by atoms with Crippen molar-refractivity contribution in [3.63, 3.8) is 0 Å². The van der Waals surface area contributed by atoms with Crippen molar-refractivity contribution in [2.45, 2.75) is 37.1 Å². The van der Waals surface area contributed by atoms with Crippen LogP contribution in [0.25, 0.3) is 0 Å². The third kappa shape index (κ3) is 3.66. The molecule has 1 aliphatic carbocycles. The Morgan fingerprint density at radius 1 is 1.15 bits per heavy atom. The molecule has 2 aromatic rings. The molecule has 1 unspecified atom stereocenters. The first-order chi connectivity index (χ1) is 12.0. The van der Waals surface area contributed by atoms with Gasteiger partial charge >= 0.3 is 15.6 Å². The fraction of sp³-hybridized carbons (Fsp3) is 0.353. The van der Waals surface area contributed by atoms with E-state index in [0.29, 0.717) is 30.0 Å². The van der Waals surface area contributed by atoms with Gasteiger partial charge in [-0.05, 0) is 47.9 Å². The molecule has 0 bridgehead atoms. The predicted octanol–water partition coefficient (Wildman–Crippen LogP) is 4.41. The van der Waals surface area contributed by atoms with Gasteiger partial charge in [0.2, 0.25) is 5.88 Å². The molecule has 1 atom stereocenters. The number of pyridine rings is 1. The van der Waals surface area contributed by atoms with Crippen molar-refractivity contribution in [2.24, 2.45) is 0 Å². The fourth-order valence-electron chi connectivity index (χ4n) is 3.10. The maximum Gasteiger partial charge on any atom is 0.534 e. The summed E-state index contributed by atoms with van der Waals surface area (Å²) in [6.07, 6.45) is 1.84. The first-order valence-corrected chi connectivity index (χ1v) is 9.54. The molecule has 3 rings (SSSR count). The third-order valence-electron chi connectivity index (χ3n) is 4.56. The van der Waals surface area contributed by atoms with Gasteiger partial charge < -0.3 is 4.18 Å². The van der Waals surface area contributed by atoms with E-state index in [1.54, 1.807) is 6.07 Å². The van der Waals surface area contributed by atoms with E-state index in [1.165, 1.54) is 0 Å². The second-order valence-electron chi connectivity index (χ2n) is 6.48. The zero-order valence-electron chi connectivity index (χ0n) is 13.7. The fourth-order valence-corrected chi connectivity index (χ4v) is 3.63. The molecule has 0 radical (unpaired) electrons. The van der Waals surface area contributed by atoms with Crippen molar-refractivity contribution in [2.75, 3.05) is 0 Å². The lowest BCUT2D eigenvalue weighted by atomic mass is 9.70. The van der Waals surface area contributed by atoms with E-state index >= 15 is 0 Å². The van der Waals surface area contributed by atoms with Crippen molar-refractivity contribution in [3.05, 3.63) is 58.2 Å². The molecule has 1 aromatic carbocycles. The lowest BCUT2D eigenvalue weighted by molar-refractivity contribution is -0.0501. The summed E-state index contributed by atoms with van der Waals surface area (Å²) in [4.78, 5) is 3.96. The zero-order valence-corrected chi connectivity index (χ0v) is 15.2. The van der Waals surface area contributed by atoms with Crippen LogP contribution in [0.1, 0.15) is 30.2 Å². The molecule has 0 amide bonds. The Kier molecular flexibility index (Phi) is 4.69. The van der Waals surface area contributed by atoms with Crippen LogP contribution in [0, 0.1) is 0 Å². The van der Waals surface area contributed by atoms with Crippen LogP contribution in [0.5, 0.6) is 5.88 Å². The first kappa shape index (κ1) is 19.0. The Morgan fingerprint density at radius 2 is 1.81 bits per heavy atom. The molecule has 0 saturated carbocycles. The summed E-state index contributed by atoms with van der Waals surface area (Å²) in [6, 6.07) is 10.2. The molecular formula is C17H15ClF3NO3S. The average Bonchev–Trinajstić information content (AvgIpc) is 2.54. The minimum Gasteiger partial charge on any atom is -0.355 e. The Labute approximate surface area is 154 Å². The summed E-state index contributed by atoms with van der Waals surface area (Å²) in [5.74, 6) is -0.573. The Balaban J connectivity index is 1.85. The number of nitrogens with zero attached hydrogens (tertiary/aromatic N) is 1. The van der Waals surface area contributed by atoms with E-state index in [0.717, 1.165) is 17.2 Å². The number of halogens is 4. The second kappa shape index (κ2) is 6.42. The second-order valence-corrected chi connectivity index (χ2v) is 8.46. The Bertz CT molecular complexity index is 929. The first-order valence-electron chi connectivity index (χ1n) is 7.76. The highest BCUT2D eigenvalue weighted by Gasteiger charge is 2.49. The minimum atomic E-state index is -5.72. The molecule has 26 heavy (non-hydrogen) atoms. The van der Waals surface area contributed by atoms with Gasteiger partial charge in [-0.1, -0.05) is 36.7 Å². The van der Waals surface area contributed by atoms with E-state index < -0.39 is 21.5 Å². The summed E-state index contributed by atoms with van der Waals surface area (Å²) < 4.78 is 63.6. The van der Waals surface area contributed by atoms with E-state index in [9.17, 15) is 21.6 Å². The summed E-state index contributed by atoms with van der Waals surface area (Å²) >= 11 is 5.93.